The minimum absolute atomic E-state index is 0.147. The topological polar surface area (TPSA) is 47.3 Å². The van der Waals surface area contributed by atoms with Crippen molar-refractivity contribution in [2.45, 2.75) is 18.9 Å². The van der Waals surface area contributed by atoms with Crippen LogP contribution in [0.1, 0.15) is 12.5 Å². The number of ketones is 1. The minimum Gasteiger partial charge on any atom is -0.299 e. The summed E-state index contributed by atoms with van der Waals surface area (Å²) in [5, 5.41) is 8.83. The van der Waals surface area contributed by atoms with Crippen LogP contribution in [-0.4, -0.2) is 26.4 Å². The van der Waals surface area contributed by atoms with E-state index in [1.54, 1.807) is 11.4 Å². The summed E-state index contributed by atoms with van der Waals surface area (Å²) in [4.78, 5) is 10.9. The maximum atomic E-state index is 10.9. The van der Waals surface area contributed by atoms with Crippen molar-refractivity contribution in [3.63, 3.8) is 0 Å². The smallest absolute Gasteiger partial charge is 0.147 e. The number of nitrogens with zero attached hydrogens (tertiary/aromatic N) is 3. The van der Waals surface area contributed by atoms with Crippen molar-refractivity contribution < 1.29 is 4.79 Å². The number of carbonyl (C=O) groups is 1. The first kappa shape index (κ1) is 10.2. The first-order valence-electron chi connectivity index (χ1n) is 4.61. The second-order valence-corrected chi connectivity index (χ2v) is 4.39. The van der Waals surface area contributed by atoms with Crippen molar-refractivity contribution >= 4 is 23.1 Å². The Bertz CT molecular complexity index is 506. The number of carbonyl (C=O) groups excluding carboxylic acids is 1. The Labute approximate surface area is 91.7 Å². The predicted octanol–water partition coefficient (Wildman–Crippen LogP) is 1.72. The largest absolute Gasteiger partial charge is 0.299 e. The average Bonchev–Trinajstić information content (AvgIpc) is 2.57. The quantitative estimate of drug-likeness (QED) is 0.740. The van der Waals surface area contributed by atoms with Gasteiger partial charge < -0.3 is 0 Å². The summed E-state index contributed by atoms with van der Waals surface area (Å²) < 4.78 is 1.73. The second-order valence-electron chi connectivity index (χ2n) is 3.42. The van der Waals surface area contributed by atoms with Crippen molar-refractivity contribution in [1.29, 1.82) is 0 Å². The van der Waals surface area contributed by atoms with E-state index in [1.165, 1.54) is 11.8 Å². The normalized spacial score (nSPS) is 10.8. The zero-order chi connectivity index (χ0) is 10.8. The fourth-order valence-corrected chi connectivity index (χ4v) is 1.99. The molecule has 2 rings (SSSR count). The van der Waals surface area contributed by atoms with Gasteiger partial charge in [-0.15, -0.1) is 5.10 Å². The molecule has 0 radical (unpaired) electrons. The summed E-state index contributed by atoms with van der Waals surface area (Å²) in [5.41, 5.74) is 2.09. The predicted molar refractivity (Wildman–Crippen MR) is 59.1 cm³/mol. The van der Waals surface area contributed by atoms with Gasteiger partial charge in [-0.2, -0.15) is 0 Å². The molecule has 0 atom stereocenters. The van der Waals surface area contributed by atoms with Crippen LogP contribution in [0.3, 0.4) is 0 Å². The molecule has 0 spiro atoms. The lowest BCUT2D eigenvalue weighted by Gasteiger charge is -1.96. The number of Topliss-reactive ketones (excluding diaryl/α,β-unsaturated/α-hetero) is 1. The van der Waals surface area contributed by atoms with E-state index in [2.05, 4.69) is 10.3 Å². The van der Waals surface area contributed by atoms with Gasteiger partial charge in [0.2, 0.25) is 0 Å². The van der Waals surface area contributed by atoms with Crippen LogP contribution in [0.2, 0.25) is 0 Å². The first-order valence-corrected chi connectivity index (χ1v) is 5.59. The Kier molecular flexibility index (Phi) is 2.73. The molecule has 0 N–H and O–H groups in total. The fraction of sp³-hybridized carbons (Fsp3) is 0.300. The average molecular weight is 221 g/mol. The molecule has 0 aliphatic carbocycles. The number of hydrogen-bond acceptors (Lipinski definition) is 4. The van der Waals surface area contributed by atoms with Crippen molar-refractivity contribution in [2.75, 3.05) is 5.75 Å². The van der Waals surface area contributed by atoms with Crippen LogP contribution in [-0.2, 0) is 4.79 Å². The number of thioether (sulfide) groups is 1. The van der Waals surface area contributed by atoms with Gasteiger partial charge in [-0.05, 0) is 25.5 Å². The van der Waals surface area contributed by atoms with Crippen molar-refractivity contribution in [2.24, 2.45) is 0 Å². The molecule has 0 fully saturated rings. The molecule has 0 saturated heterocycles. The molecular weight excluding hydrogens is 210 g/mol. The third-order valence-electron chi connectivity index (χ3n) is 1.94. The highest BCUT2D eigenvalue weighted by molar-refractivity contribution is 8.00. The third kappa shape index (κ3) is 2.18. The summed E-state index contributed by atoms with van der Waals surface area (Å²) in [5.74, 6) is 0.593. The summed E-state index contributed by atoms with van der Waals surface area (Å²) >= 11 is 1.43. The van der Waals surface area contributed by atoms with E-state index in [0.29, 0.717) is 5.75 Å². The van der Waals surface area contributed by atoms with Crippen molar-refractivity contribution in [1.82, 2.24) is 14.8 Å². The van der Waals surface area contributed by atoms with E-state index in [0.717, 1.165) is 16.1 Å². The van der Waals surface area contributed by atoms with E-state index >= 15 is 0 Å². The third-order valence-corrected chi connectivity index (χ3v) is 3.06. The van der Waals surface area contributed by atoms with E-state index < -0.39 is 0 Å². The van der Waals surface area contributed by atoms with Crippen molar-refractivity contribution in [3.8, 4) is 0 Å². The Balaban J connectivity index is 2.32. The molecule has 0 bridgehead atoms. The summed E-state index contributed by atoms with van der Waals surface area (Å²) in [6, 6.07) is 3.98. The standard InChI is InChI=1S/C10H11N3OS/c1-7-3-4-9-10(15-6-8(2)14)11-12-13(9)5-7/h3-5H,6H2,1-2H3. The van der Waals surface area contributed by atoms with Crippen LogP contribution in [0, 0.1) is 6.92 Å². The monoisotopic (exact) mass is 221 g/mol. The van der Waals surface area contributed by atoms with Gasteiger partial charge >= 0.3 is 0 Å². The Morgan fingerprint density at radius 3 is 3.07 bits per heavy atom. The van der Waals surface area contributed by atoms with Crippen LogP contribution in [0.5, 0.6) is 0 Å². The number of fused-ring (bicyclic) bond motifs is 1. The number of rotatable bonds is 3. The van der Waals surface area contributed by atoms with E-state index in [4.69, 9.17) is 0 Å². The maximum absolute atomic E-state index is 10.9. The van der Waals surface area contributed by atoms with E-state index in [1.807, 2.05) is 25.3 Å². The van der Waals surface area contributed by atoms with Crippen LogP contribution >= 0.6 is 11.8 Å². The van der Waals surface area contributed by atoms with E-state index in [-0.39, 0.29) is 5.78 Å². The molecule has 0 unspecified atom stereocenters. The second kappa shape index (κ2) is 4.02. The van der Waals surface area contributed by atoms with Gasteiger partial charge in [-0.1, -0.05) is 23.0 Å². The SMILES string of the molecule is CC(=O)CSc1nnn2cc(C)ccc12. The molecule has 0 aliphatic heterocycles. The Hall–Kier alpha value is -1.36. The first-order chi connectivity index (χ1) is 7.16. The molecule has 0 amide bonds. The summed E-state index contributed by atoms with van der Waals surface area (Å²) in [7, 11) is 0. The van der Waals surface area contributed by atoms with Gasteiger partial charge in [0.25, 0.3) is 0 Å². The zero-order valence-corrected chi connectivity index (χ0v) is 9.41. The van der Waals surface area contributed by atoms with Crippen LogP contribution in [0.4, 0.5) is 0 Å². The highest BCUT2D eigenvalue weighted by Crippen LogP contribution is 2.20. The van der Waals surface area contributed by atoms with Crippen LogP contribution < -0.4 is 0 Å². The highest BCUT2D eigenvalue weighted by Gasteiger charge is 2.07. The molecule has 15 heavy (non-hydrogen) atoms. The lowest BCUT2D eigenvalue weighted by atomic mass is 10.3. The fourth-order valence-electron chi connectivity index (χ4n) is 1.25. The maximum Gasteiger partial charge on any atom is 0.147 e. The summed E-state index contributed by atoms with van der Waals surface area (Å²) in [6.07, 6.45) is 1.92. The molecular formula is C10H11N3OS. The Morgan fingerprint density at radius 2 is 2.33 bits per heavy atom. The van der Waals surface area contributed by atoms with Gasteiger partial charge in [0.15, 0.2) is 0 Å². The number of aromatic nitrogens is 3. The van der Waals surface area contributed by atoms with E-state index in [9.17, 15) is 4.79 Å². The number of pyridine rings is 1. The molecule has 0 saturated carbocycles. The molecule has 4 nitrogen and oxygen atoms in total. The molecule has 78 valence electrons. The highest BCUT2D eigenvalue weighted by atomic mass is 32.2. The van der Waals surface area contributed by atoms with Gasteiger partial charge in [0, 0.05) is 6.20 Å². The van der Waals surface area contributed by atoms with Crippen LogP contribution in [0.15, 0.2) is 23.4 Å². The lowest BCUT2D eigenvalue weighted by Crippen LogP contribution is -1.93. The minimum atomic E-state index is 0.147. The van der Waals surface area contributed by atoms with Gasteiger partial charge in [0.05, 0.1) is 5.75 Å². The Morgan fingerprint density at radius 1 is 1.53 bits per heavy atom. The molecule has 0 aliphatic rings. The molecule has 2 heterocycles. The zero-order valence-electron chi connectivity index (χ0n) is 8.60. The van der Waals surface area contributed by atoms with Crippen LogP contribution in [0.25, 0.3) is 5.52 Å². The summed E-state index contributed by atoms with van der Waals surface area (Å²) in [6.45, 7) is 3.58. The molecule has 5 heteroatoms. The number of hydrogen-bond donors (Lipinski definition) is 0. The molecule has 0 aromatic carbocycles. The van der Waals surface area contributed by atoms with Gasteiger partial charge in [0.1, 0.15) is 16.3 Å². The lowest BCUT2D eigenvalue weighted by molar-refractivity contribution is -0.114. The molecule has 2 aromatic rings. The van der Waals surface area contributed by atoms with Gasteiger partial charge in [-0.25, -0.2) is 4.52 Å². The van der Waals surface area contributed by atoms with Gasteiger partial charge in [-0.3, -0.25) is 4.79 Å². The molecule has 2 aromatic heterocycles. The number of aryl methyl sites for hydroxylation is 1. The van der Waals surface area contributed by atoms with Crippen molar-refractivity contribution in [3.05, 3.63) is 23.9 Å².